The molecular formula is C37H50F2N4O6. The van der Waals surface area contributed by atoms with Gasteiger partial charge < -0.3 is 24.4 Å². The number of rotatable bonds is 4. The number of aromatic nitrogens is 2. The van der Waals surface area contributed by atoms with E-state index in [1.807, 2.05) is 13.8 Å². The lowest BCUT2D eigenvalue weighted by atomic mass is 9.83. The van der Waals surface area contributed by atoms with Gasteiger partial charge in [-0.1, -0.05) is 32.6 Å². The Bertz CT molecular complexity index is 1550. The SMILES string of the molecule is CC[C@@H]1[C@@H]2CN(C(=O)[C@H](C3CCCCC3)NC(=O)O[C@]3(C)CCC[C@H]3CCCCC(F)(F)c3nc4ccc(OC)cc4nc3O2)[C@@H]1C(C)=O. The number of Topliss-reactive ketones (excluding diaryl/α,β-unsaturated/α-hetero) is 1. The van der Waals surface area contributed by atoms with Crippen LogP contribution in [0.3, 0.4) is 0 Å². The lowest BCUT2D eigenvalue weighted by Gasteiger charge is -2.36. The summed E-state index contributed by atoms with van der Waals surface area (Å²) in [7, 11) is 1.51. The first-order chi connectivity index (χ1) is 23.4. The highest BCUT2D eigenvalue weighted by Gasteiger charge is 2.51. The van der Waals surface area contributed by atoms with Gasteiger partial charge in [-0.25, -0.2) is 14.8 Å². The minimum absolute atomic E-state index is 0.00988. The number of alkyl carbamates (subject to hydrolysis) is 1. The van der Waals surface area contributed by atoms with E-state index in [2.05, 4.69) is 15.3 Å². The zero-order chi connectivity index (χ0) is 34.9. The van der Waals surface area contributed by atoms with E-state index in [9.17, 15) is 14.4 Å². The Morgan fingerprint density at radius 2 is 1.76 bits per heavy atom. The van der Waals surface area contributed by atoms with E-state index in [-0.39, 0.29) is 47.9 Å². The lowest BCUT2D eigenvalue weighted by Crippen LogP contribution is -2.56. The summed E-state index contributed by atoms with van der Waals surface area (Å²) in [6.07, 6.45) is 6.73. The molecule has 1 saturated heterocycles. The van der Waals surface area contributed by atoms with E-state index in [0.29, 0.717) is 36.9 Å². The smallest absolute Gasteiger partial charge is 0.408 e. The maximum absolute atomic E-state index is 16.2. The highest BCUT2D eigenvalue weighted by atomic mass is 19.3. The Labute approximate surface area is 287 Å². The van der Waals surface area contributed by atoms with Crippen molar-refractivity contribution in [3.8, 4) is 11.6 Å². The Morgan fingerprint density at radius 1 is 1.02 bits per heavy atom. The molecule has 6 atom stereocenters. The standard InChI is InChI=1S/C37H50F2N4O6/c1-5-26-29-21-43(31(26)22(2)44)34(45)30(23-12-7-6-8-13-23)42-35(46)49-36(3)18-11-15-24(36)14-9-10-19-37(38,39)32-33(48-29)41-28-20-25(47-4)16-17-27(28)40-32/h16-17,20,23-24,26,29-31H,5-15,18-19,21H2,1-4H3,(H,42,46)/t24-,26-,29+,30+,31-,36-/m1/s1. The Hall–Kier alpha value is -3.57. The number of alkyl halides is 2. The summed E-state index contributed by atoms with van der Waals surface area (Å²) < 4.78 is 50.4. The van der Waals surface area contributed by atoms with Gasteiger partial charge in [0.2, 0.25) is 11.8 Å². The monoisotopic (exact) mass is 684 g/mol. The topological polar surface area (TPSA) is 120 Å². The van der Waals surface area contributed by atoms with Crippen molar-refractivity contribution in [2.45, 2.75) is 134 Å². The number of carbonyl (C=O) groups is 3. The van der Waals surface area contributed by atoms with Gasteiger partial charge in [0.05, 0.1) is 30.7 Å². The van der Waals surface area contributed by atoms with Gasteiger partial charge in [-0.05, 0) is 89.2 Å². The van der Waals surface area contributed by atoms with Gasteiger partial charge >= 0.3 is 6.09 Å². The van der Waals surface area contributed by atoms with E-state index in [0.717, 1.165) is 44.9 Å². The average Bonchev–Trinajstić information content (AvgIpc) is 3.63. The van der Waals surface area contributed by atoms with E-state index in [1.165, 1.54) is 18.9 Å². The molecule has 1 N–H and O–H groups in total. The molecule has 6 rings (SSSR count). The third-order valence-corrected chi connectivity index (χ3v) is 11.6. The zero-order valence-corrected chi connectivity index (χ0v) is 29.1. The van der Waals surface area contributed by atoms with Crippen LogP contribution in [0.1, 0.15) is 110 Å². The molecule has 1 aromatic carbocycles. The second kappa shape index (κ2) is 14.3. The number of hydrogen-bond donors (Lipinski definition) is 1. The van der Waals surface area contributed by atoms with E-state index < -0.39 is 53.8 Å². The first-order valence-electron chi connectivity index (χ1n) is 18.1. The second-order valence-electron chi connectivity index (χ2n) is 14.8. The van der Waals surface area contributed by atoms with Crippen LogP contribution >= 0.6 is 0 Å². The van der Waals surface area contributed by atoms with Crippen molar-refractivity contribution >= 4 is 28.8 Å². The van der Waals surface area contributed by atoms with E-state index >= 15 is 8.78 Å². The number of fused-ring (bicyclic) bond motifs is 5. The molecule has 10 nitrogen and oxygen atoms in total. The fraction of sp³-hybridized carbons (Fsp3) is 0.703. The first kappa shape index (κ1) is 35.3. The average molecular weight is 685 g/mol. The molecule has 268 valence electrons. The summed E-state index contributed by atoms with van der Waals surface area (Å²) in [6.45, 7) is 5.22. The van der Waals surface area contributed by atoms with Crippen LogP contribution in [0.4, 0.5) is 13.6 Å². The molecule has 2 aliphatic heterocycles. The number of methoxy groups -OCH3 is 1. The number of ether oxygens (including phenoxy) is 3. The summed E-state index contributed by atoms with van der Waals surface area (Å²) in [5.74, 6) is -4.38. The van der Waals surface area contributed by atoms with Crippen LogP contribution in [0.2, 0.25) is 0 Å². The number of carbonyl (C=O) groups excluding carboxylic acids is 3. The summed E-state index contributed by atoms with van der Waals surface area (Å²) >= 11 is 0. The highest BCUT2D eigenvalue weighted by molar-refractivity contribution is 5.92. The van der Waals surface area contributed by atoms with Gasteiger partial charge in [-0.2, -0.15) is 8.78 Å². The number of hydrogen-bond acceptors (Lipinski definition) is 8. The fourth-order valence-corrected chi connectivity index (χ4v) is 8.89. The van der Waals surface area contributed by atoms with Crippen molar-refractivity contribution in [3.63, 3.8) is 0 Å². The summed E-state index contributed by atoms with van der Waals surface area (Å²) in [6, 6.07) is 3.12. The minimum atomic E-state index is -3.36. The number of nitrogens with one attached hydrogen (secondary N) is 1. The van der Waals surface area contributed by atoms with E-state index in [4.69, 9.17) is 14.2 Å². The highest BCUT2D eigenvalue weighted by Crippen LogP contribution is 2.44. The molecule has 12 heteroatoms. The maximum Gasteiger partial charge on any atom is 0.408 e. The number of amides is 2. The number of halogens is 2. The molecular weight excluding hydrogens is 634 g/mol. The molecule has 0 spiro atoms. The molecule has 49 heavy (non-hydrogen) atoms. The Kier molecular flexibility index (Phi) is 10.3. The summed E-state index contributed by atoms with van der Waals surface area (Å²) in [4.78, 5) is 52.0. The quantitative estimate of drug-likeness (QED) is 0.362. The van der Waals surface area contributed by atoms with Crippen LogP contribution in [-0.2, 0) is 20.2 Å². The Balaban J connectivity index is 1.43. The third-order valence-electron chi connectivity index (χ3n) is 11.6. The van der Waals surface area contributed by atoms with Crippen molar-refractivity contribution < 1.29 is 37.4 Å². The van der Waals surface area contributed by atoms with Crippen LogP contribution < -0.4 is 14.8 Å². The van der Waals surface area contributed by atoms with Crippen LogP contribution in [0, 0.1) is 17.8 Å². The normalized spacial score (nSPS) is 31.5. The predicted molar refractivity (Wildman–Crippen MR) is 179 cm³/mol. The lowest BCUT2D eigenvalue weighted by molar-refractivity contribution is -0.141. The van der Waals surface area contributed by atoms with Crippen LogP contribution in [0.25, 0.3) is 11.0 Å². The molecule has 2 bridgehead atoms. The zero-order valence-electron chi connectivity index (χ0n) is 29.1. The van der Waals surface area contributed by atoms with Gasteiger partial charge in [0, 0.05) is 18.4 Å². The Morgan fingerprint density at radius 3 is 2.47 bits per heavy atom. The minimum Gasteiger partial charge on any atom is -0.497 e. The molecule has 3 heterocycles. The number of benzene rings is 1. The molecule has 2 saturated carbocycles. The van der Waals surface area contributed by atoms with Crippen molar-refractivity contribution in [1.82, 2.24) is 20.2 Å². The predicted octanol–water partition coefficient (Wildman–Crippen LogP) is 7.11. The maximum atomic E-state index is 16.2. The van der Waals surface area contributed by atoms with Gasteiger partial charge in [0.15, 0.2) is 11.5 Å². The van der Waals surface area contributed by atoms with Gasteiger partial charge in [0.25, 0.3) is 5.92 Å². The van der Waals surface area contributed by atoms with E-state index in [1.54, 1.807) is 18.2 Å². The van der Waals surface area contributed by atoms with Crippen molar-refractivity contribution in [1.29, 1.82) is 0 Å². The van der Waals surface area contributed by atoms with Crippen LogP contribution in [0.15, 0.2) is 18.2 Å². The van der Waals surface area contributed by atoms with Crippen molar-refractivity contribution in [2.24, 2.45) is 17.8 Å². The van der Waals surface area contributed by atoms with Crippen molar-refractivity contribution in [3.05, 3.63) is 23.9 Å². The number of nitrogens with zero attached hydrogens (tertiary/aromatic N) is 3. The van der Waals surface area contributed by atoms with Crippen LogP contribution in [0.5, 0.6) is 11.6 Å². The second-order valence-corrected chi connectivity index (χ2v) is 14.8. The number of ketones is 1. The summed E-state index contributed by atoms with van der Waals surface area (Å²) in [5.41, 5.74) is -0.699. The molecule has 3 fully saturated rings. The molecule has 1 aromatic heterocycles. The molecule has 2 aliphatic carbocycles. The van der Waals surface area contributed by atoms with Crippen LogP contribution in [-0.4, -0.2) is 70.1 Å². The van der Waals surface area contributed by atoms with Gasteiger partial charge in [-0.15, -0.1) is 0 Å². The molecule has 0 unspecified atom stereocenters. The van der Waals surface area contributed by atoms with Crippen molar-refractivity contribution in [2.75, 3.05) is 13.7 Å². The van der Waals surface area contributed by atoms with Gasteiger partial charge in [0.1, 0.15) is 23.5 Å². The fourth-order valence-electron chi connectivity index (χ4n) is 8.89. The molecule has 4 aliphatic rings. The molecule has 2 aromatic rings. The first-order valence-corrected chi connectivity index (χ1v) is 18.1. The third kappa shape index (κ3) is 7.20. The largest absolute Gasteiger partial charge is 0.497 e. The van der Waals surface area contributed by atoms with Gasteiger partial charge in [-0.3, -0.25) is 9.59 Å². The molecule has 2 amide bonds. The molecule has 0 radical (unpaired) electrons. The summed E-state index contributed by atoms with van der Waals surface area (Å²) in [5, 5.41) is 2.97.